The molecule has 0 radical (unpaired) electrons. The van der Waals surface area contributed by atoms with E-state index < -0.39 is 0 Å². The van der Waals surface area contributed by atoms with Crippen LogP contribution in [0.2, 0.25) is 0 Å². The Bertz CT molecular complexity index is 281. The van der Waals surface area contributed by atoms with Gasteiger partial charge in [-0.05, 0) is 70.1 Å². The van der Waals surface area contributed by atoms with Crippen LogP contribution < -0.4 is 0 Å². The Hall–Kier alpha value is -0.120. The number of rotatable bonds is 5. The summed E-state index contributed by atoms with van der Waals surface area (Å²) < 4.78 is 0. The highest BCUT2D eigenvalue weighted by molar-refractivity contribution is 5.07. The average molecular weight is 267 g/mol. The van der Waals surface area contributed by atoms with E-state index in [0.29, 0.717) is 5.54 Å². The predicted molar refractivity (Wildman–Crippen MR) is 75.8 cm³/mol. The predicted octanol–water partition coefficient (Wildman–Crippen LogP) is 2.02. The van der Waals surface area contributed by atoms with Crippen LogP contribution in [0.5, 0.6) is 0 Å². The van der Waals surface area contributed by atoms with Crippen LogP contribution in [0.1, 0.15) is 52.4 Å². The van der Waals surface area contributed by atoms with Crippen molar-refractivity contribution in [2.24, 2.45) is 17.8 Å². The van der Waals surface area contributed by atoms with Crippen molar-refractivity contribution < 1.29 is 10.2 Å². The largest absolute Gasteiger partial charge is 0.392 e. The van der Waals surface area contributed by atoms with E-state index in [4.69, 9.17) is 0 Å². The third-order valence-corrected chi connectivity index (χ3v) is 5.65. The average Bonchev–Trinajstić information content (AvgIpc) is 2.24. The maximum atomic E-state index is 9.81. The van der Waals surface area contributed by atoms with Gasteiger partial charge in [0.05, 0.1) is 12.2 Å². The second-order valence-corrected chi connectivity index (χ2v) is 7.74. The molecule has 3 nitrogen and oxygen atoms in total. The lowest BCUT2D eigenvalue weighted by Crippen LogP contribution is -2.62. The Morgan fingerprint density at radius 3 is 1.58 bits per heavy atom. The van der Waals surface area contributed by atoms with E-state index in [1.54, 1.807) is 0 Å². The van der Waals surface area contributed by atoms with Gasteiger partial charge in [-0.15, -0.1) is 0 Å². The number of hydrogen-bond acceptors (Lipinski definition) is 3. The van der Waals surface area contributed by atoms with Crippen molar-refractivity contribution in [1.82, 2.24) is 4.90 Å². The van der Waals surface area contributed by atoms with Crippen molar-refractivity contribution in [3.05, 3.63) is 0 Å². The smallest absolute Gasteiger partial charge is 0.0639 e. The van der Waals surface area contributed by atoms with E-state index >= 15 is 0 Å². The van der Waals surface area contributed by atoms with Crippen LogP contribution in [0.3, 0.4) is 0 Å². The second kappa shape index (κ2) is 5.01. The standard InChI is InChI=1S/C16H29NO2/c1-11(18)9-17(10-12(2)19)16-6-13-3-14(7-16)5-15(4-13)8-16/h11-15,18-19H,3-10H2,1-2H3. The quantitative estimate of drug-likeness (QED) is 0.801. The number of nitrogens with zero attached hydrogens (tertiary/aromatic N) is 1. The molecule has 2 unspecified atom stereocenters. The van der Waals surface area contributed by atoms with Gasteiger partial charge in [-0.2, -0.15) is 0 Å². The molecule has 4 aliphatic rings. The summed E-state index contributed by atoms with van der Waals surface area (Å²) in [6.07, 6.45) is 7.64. The Kier molecular flexibility index (Phi) is 3.65. The maximum absolute atomic E-state index is 9.81. The highest BCUT2D eigenvalue weighted by atomic mass is 16.3. The lowest BCUT2D eigenvalue weighted by molar-refractivity contribution is -0.107. The van der Waals surface area contributed by atoms with E-state index in [9.17, 15) is 10.2 Å². The van der Waals surface area contributed by atoms with Crippen LogP contribution in [0, 0.1) is 17.8 Å². The van der Waals surface area contributed by atoms with E-state index in [2.05, 4.69) is 4.90 Å². The molecule has 0 aromatic carbocycles. The maximum Gasteiger partial charge on any atom is 0.0639 e. The fraction of sp³-hybridized carbons (Fsp3) is 1.00. The normalized spacial score (nSPS) is 43.7. The van der Waals surface area contributed by atoms with E-state index in [1.807, 2.05) is 13.8 Å². The molecule has 110 valence electrons. The first-order chi connectivity index (χ1) is 8.97. The lowest BCUT2D eigenvalue weighted by atomic mass is 9.52. The van der Waals surface area contributed by atoms with Gasteiger partial charge in [-0.3, -0.25) is 4.90 Å². The molecule has 0 heterocycles. The van der Waals surface area contributed by atoms with Crippen LogP contribution in [-0.4, -0.2) is 45.9 Å². The van der Waals surface area contributed by atoms with Gasteiger partial charge in [0, 0.05) is 18.6 Å². The lowest BCUT2D eigenvalue weighted by Gasteiger charge is -2.61. The van der Waals surface area contributed by atoms with Crippen molar-refractivity contribution in [2.75, 3.05) is 13.1 Å². The molecule has 2 atom stereocenters. The first kappa shape index (κ1) is 13.8. The first-order valence-electron chi connectivity index (χ1n) is 8.08. The Morgan fingerprint density at radius 1 is 0.895 bits per heavy atom. The fourth-order valence-electron chi connectivity index (χ4n) is 5.55. The Balaban J connectivity index is 1.80. The molecule has 4 rings (SSSR count). The van der Waals surface area contributed by atoms with Gasteiger partial charge in [0.15, 0.2) is 0 Å². The molecular weight excluding hydrogens is 238 g/mol. The summed E-state index contributed by atoms with van der Waals surface area (Å²) in [5, 5.41) is 19.6. The Labute approximate surface area is 117 Å². The van der Waals surface area contributed by atoms with Crippen molar-refractivity contribution in [1.29, 1.82) is 0 Å². The number of β-amino-alcohol motifs (C(OH)–C–C–N with tert-alkyl or cyclic N) is 2. The van der Waals surface area contributed by atoms with Crippen molar-refractivity contribution >= 4 is 0 Å². The highest BCUT2D eigenvalue weighted by Gasteiger charge is 2.53. The molecule has 0 spiro atoms. The van der Waals surface area contributed by atoms with Crippen LogP contribution >= 0.6 is 0 Å². The molecule has 2 N–H and O–H groups in total. The molecular formula is C16H29NO2. The van der Waals surface area contributed by atoms with E-state index in [0.717, 1.165) is 30.8 Å². The third-order valence-electron chi connectivity index (χ3n) is 5.65. The van der Waals surface area contributed by atoms with Crippen LogP contribution in [0.25, 0.3) is 0 Å². The number of hydrogen-bond donors (Lipinski definition) is 2. The summed E-state index contributed by atoms with van der Waals surface area (Å²) in [6, 6.07) is 0. The molecule has 0 aromatic rings. The minimum atomic E-state index is -0.299. The SMILES string of the molecule is CC(O)CN(CC(C)O)C12CC3CC(CC(C3)C1)C2. The second-order valence-electron chi connectivity index (χ2n) is 7.74. The molecule has 4 bridgehead atoms. The fourth-order valence-corrected chi connectivity index (χ4v) is 5.55. The van der Waals surface area contributed by atoms with Gasteiger partial charge >= 0.3 is 0 Å². The Morgan fingerprint density at radius 2 is 1.26 bits per heavy atom. The molecule has 4 aliphatic carbocycles. The molecule has 0 saturated heterocycles. The van der Waals surface area contributed by atoms with Gasteiger partial charge in [-0.1, -0.05) is 0 Å². The number of aliphatic hydroxyl groups is 2. The molecule has 0 amide bonds. The van der Waals surface area contributed by atoms with Gasteiger partial charge in [0.25, 0.3) is 0 Å². The van der Waals surface area contributed by atoms with E-state index in [-0.39, 0.29) is 12.2 Å². The number of aliphatic hydroxyl groups excluding tert-OH is 2. The van der Waals surface area contributed by atoms with Crippen LogP contribution in [-0.2, 0) is 0 Å². The van der Waals surface area contributed by atoms with Crippen LogP contribution in [0.15, 0.2) is 0 Å². The minimum Gasteiger partial charge on any atom is -0.392 e. The zero-order valence-electron chi connectivity index (χ0n) is 12.4. The van der Waals surface area contributed by atoms with Crippen molar-refractivity contribution in [2.45, 2.75) is 70.1 Å². The molecule has 0 aromatic heterocycles. The van der Waals surface area contributed by atoms with Gasteiger partial charge in [0.1, 0.15) is 0 Å². The molecule has 4 saturated carbocycles. The molecule has 3 heteroatoms. The van der Waals surface area contributed by atoms with Crippen molar-refractivity contribution in [3.8, 4) is 0 Å². The van der Waals surface area contributed by atoms with Gasteiger partial charge < -0.3 is 10.2 Å². The summed E-state index contributed by atoms with van der Waals surface area (Å²) in [5.41, 5.74) is 0.294. The summed E-state index contributed by atoms with van der Waals surface area (Å²) in [4.78, 5) is 2.44. The third kappa shape index (κ3) is 2.70. The molecule has 4 fully saturated rings. The molecule has 0 aliphatic heterocycles. The molecule has 19 heavy (non-hydrogen) atoms. The minimum absolute atomic E-state index is 0.294. The summed E-state index contributed by atoms with van der Waals surface area (Å²) in [6.45, 7) is 5.18. The summed E-state index contributed by atoms with van der Waals surface area (Å²) in [5.74, 6) is 2.74. The zero-order valence-corrected chi connectivity index (χ0v) is 12.4. The zero-order chi connectivity index (χ0) is 13.6. The first-order valence-corrected chi connectivity index (χ1v) is 8.08. The van der Waals surface area contributed by atoms with Crippen molar-refractivity contribution in [3.63, 3.8) is 0 Å². The summed E-state index contributed by atoms with van der Waals surface area (Å²) in [7, 11) is 0. The van der Waals surface area contributed by atoms with Crippen LogP contribution in [0.4, 0.5) is 0 Å². The monoisotopic (exact) mass is 267 g/mol. The summed E-state index contributed by atoms with van der Waals surface area (Å²) >= 11 is 0. The van der Waals surface area contributed by atoms with Gasteiger partial charge in [-0.25, -0.2) is 0 Å². The van der Waals surface area contributed by atoms with Gasteiger partial charge in [0.2, 0.25) is 0 Å². The van der Waals surface area contributed by atoms with E-state index in [1.165, 1.54) is 38.5 Å². The topological polar surface area (TPSA) is 43.7 Å². The highest BCUT2D eigenvalue weighted by Crippen LogP contribution is 2.57.